The van der Waals surface area contributed by atoms with Crippen LogP contribution in [0.1, 0.15) is 21.7 Å². The van der Waals surface area contributed by atoms with Crippen LogP contribution in [0.15, 0.2) is 12.7 Å². The normalized spacial score (nSPS) is 14.3. The number of carbonyl (C=O) groups is 1. The average Bonchev–Trinajstić information content (AvgIpc) is 2.72. The van der Waals surface area contributed by atoms with E-state index in [0.717, 1.165) is 30.8 Å². The van der Waals surface area contributed by atoms with E-state index in [0.29, 0.717) is 12.2 Å². The monoisotopic (exact) mass is 220 g/mol. The number of hydrogen-bond donors (Lipinski definition) is 2. The van der Waals surface area contributed by atoms with Crippen molar-refractivity contribution < 1.29 is 4.79 Å². The first-order valence-corrected chi connectivity index (χ1v) is 5.37. The highest BCUT2D eigenvalue weighted by Crippen LogP contribution is 2.16. The third-order valence-corrected chi connectivity index (χ3v) is 2.76. The minimum absolute atomic E-state index is 0.0545. The minimum Gasteiger partial charge on any atom is -0.337 e. The molecule has 0 atom stereocenters. The fourth-order valence-corrected chi connectivity index (χ4v) is 1.86. The molecule has 2 rings (SSSR count). The van der Waals surface area contributed by atoms with Gasteiger partial charge in [-0.15, -0.1) is 6.58 Å². The molecule has 0 fully saturated rings. The van der Waals surface area contributed by atoms with Gasteiger partial charge in [0.15, 0.2) is 5.69 Å². The predicted molar refractivity (Wildman–Crippen MR) is 61.2 cm³/mol. The largest absolute Gasteiger partial charge is 0.337 e. The van der Waals surface area contributed by atoms with Gasteiger partial charge in [-0.1, -0.05) is 6.08 Å². The highest BCUT2D eigenvalue weighted by Gasteiger charge is 2.23. The summed E-state index contributed by atoms with van der Waals surface area (Å²) in [7, 11) is 1.75. The lowest BCUT2D eigenvalue weighted by atomic mass is 10.1. The molecular weight excluding hydrogens is 204 g/mol. The van der Waals surface area contributed by atoms with Crippen LogP contribution in [0.3, 0.4) is 0 Å². The Hall–Kier alpha value is -1.62. The van der Waals surface area contributed by atoms with Crippen LogP contribution >= 0.6 is 0 Å². The summed E-state index contributed by atoms with van der Waals surface area (Å²) in [5.74, 6) is -0.0545. The number of carbonyl (C=O) groups excluding carboxylic acids is 1. The Balaban J connectivity index is 2.23. The van der Waals surface area contributed by atoms with Crippen molar-refractivity contribution in [1.29, 1.82) is 0 Å². The molecule has 0 aromatic carbocycles. The van der Waals surface area contributed by atoms with E-state index >= 15 is 0 Å². The fourth-order valence-electron chi connectivity index (χ4n) is 1.86. The third kappa shape index (κ3) is 1.86. The second kappa shape index (κ2) is 4.49. The van der Waals surface area contributed by atoms with Crippen molar-refractivity contribution in [3.63, 3.8) is 0 Å². The summed E-state index contributed by atoms with van der Waals surface area (Å²) >= 11 is 0. The molecule has 1 aliphatic heterocycles. The zero-order valence-corrected chi connectivity index (χ0v) is 9.42. The second-order valence-electron chi connectivity index (χ2n) is 3.93. The number of H-pyrrole nitrogens is 1. The second-order valence-corrected chi connectivity index (χ2v) is 3.93. The summed E-state index contributed by atoms with van der Waals surface area (Å²) < 4.78 is 0. The number of aromatic nitrogens is 2. The molecule has 0 unspecified atom stereocenters. The summed E-state index contributed by atoms with van der Waals surface area (Å²) in [6.07, 6.45) is 2.61. The Kier molecular flexibility index (Phi) is 3.05. The van der Waals surface area contributed by atoms with E-state index in [2.05, 4.69) is 22.1 Å². The van der Waals surface area contributed by atoms with Crippen LogP contribution in [-0.4, -0.2) is 41.1 Å². The molecule has 1 aliphatic rings. The molecule has 0 saturated heterocycles. The summed E-state index contributed by atoms with van der Waals surface area (Å²) in [4.78, 5) is 13.6. The molecule has 1 amide bonds. The number of nitrogens with zero attached hydrogens (tertiary/aromatic N) is 2. The molecule has 0 radical (unpaired) electrons. The first-order chi connectivity index (χ1) is 7.74. The van der Waals surface area contributed by atoms with Crippen LogP contribution < -0.4 is 5.32 Å². The lowest BCUT2D eigenvalue weighted by Gasteiger charge is -2.16. The molecule has 1 aromatic rings. The molecule has 2 N–H and O–H groups in total. The highest BCUT2D eigenvalue weighted by molar-refractivity contribution is 5.94. The van der Waals surface area contributed by atoms with Crippen LogP contribution in [-0.2, 0) is 13.0 Å². The topological polar surface area (TPSA) is 61.0 Å². The third-order valence-electron chi connectivity index (χ3n) is 2.76. The maximum Gasteiger partial charge on any atom is 0.274 e. The molecule has 5 heteroatoms. The van der Waals surface area contributed by atoms with E-state index in [9.17, 15) is 4.79 Å². The fraction of sp³-hybridized carbons (Fsp3) is 0.455. The van der Waals surface area contributed by atoms with Crippen molar-refractivity contribution in [2.24, 2.45) is 0 Å². The van der Waals surface area contributed by atoms with Crippen LogP contribution in [0.25, 0.3) is 0 Å². The number of rotatable bonds is 3. The lowest BCUT2D eigenvalue weighted by Crippen LogP contribution is -2.30. The van der Waals surface area contributed by atoms with Crippen molar-refractivity contribution in [1.82, 2.24) is 20.4 Å². The average molecular weight is 220 g/mol. The Morgan fingerprint density at radius 1 is 1.69 bits per heavy atom. The summed E-state index contributed by atoms with van der Waals surface area (Å²) in [5.41, 5.74) is 2.62. The molecule has 0 saturated carbocycles. The van der Waals surface area contributed by atoms with Crippen LogP contribution in [0, 0.1) is 0 Å². The smallest absolute Gasteiger partial charge is 0.274 e. The molecular formula is C11H16N4O. The Morgan fingerprint density at radius 2 is 2.50 bits per heavy atom. The Bertz CT molecular complexity index is 410. The van der Waals surface area contributed by atoms with Gasteiger partial charge in [0, 0.05) is 44.4 Å². The van der Waals surface area contributed by atoms with Gasteiger partial charge in [0.25, 0.3) is 5.91 Å². The quantitative estimate of drug-likeness (QED) is 0.721. The van der Waals surface area contributed by atoms with Gasteiger partial charge >= 0.3 is 0 Å². The van der Waals surface area contributed by atoms with Gasteiger partial charge in [0.2, 0.25) is 0 Å². The number of aromatic amines is 1. The zero-order valence-electron chi connectivity index (χ0n) is 9.42. The van der Waals surface area contributed by atoms with Gasteiger partial charge in [-0.05, 0) is 0 Å². The van der Waals surface area contributed by atoms with E-state index in [-0.39, 0.29) is 5.91 Å². The highest BCUT2D eigenvalue weighted by atomic mass is 16.2. The maximum absolute atomic E-state index is 12.0. The number of likely N-dealkylation sites (N-methyl/N-ethyl adjacent to an activating group) is 1. The minimum atomic E-state index is -0.0545. The van der Waals surface area contributed by atoms with E-state index in [4.69, 9.17) is 0 Å². The van der Waals surface area contributed by atoms with E-state index in [1.165, 1.54) is 0 Å². The summed E-state index contributed by atoms with van der Waals surface area (Å²) in [6.45, 7) is 5.81. The summed E-state index contributed by atoms with van der Waals surface area (Å²) in [5, 5.41) is 10.3. The first-order valence-electron chi connectivity index (χ1n) is 5.37. The number of hydrogen-bond acceptors (Lipinski definition) is 3. The Labute approximate surface area is 94.5 Å². The van der Waals surface area contributed by atoms with Crippen LogP contribution in [0.2, 0.25) is 0 Å². The maximum atomic E-state index is 12.0. The van der Waals surface area contributed by atoms with Crippen molar-refractivity contribution in [3.8, 4) is 0 Å². The van der Waals surface area contributed by atoms with Gasteiger partial charge in [0.1, 0.15) is 0 Å². The molecule has 5 nitrogen and oxygen atoms in total. The van der Waals surface area contributed by atoms with E-state index in [1.807, 2.05) is 0 Å². The molecule has 16 heavy (non-hydrogen) atoms. The van der Waals surface area contributed by atoms with Gasteiger partial charge in [-0.3, -0.25) is 9.89 Å². The molecule has 2 heterocycles. The first kappa shape index (κ1) is 10.9. The van der Waals surface area contributed by atoms with Crippen molar-refractivity contribution in [3.05, 3.63) is 29.6 Å². The SMILES string of the molecule is C=CCN(C)C(=O)c1n[nH]c2c1CNCC2. The zero-order chi connectivity index (χ0) is 11.5. The lowest BCUT2D eigenvalue weighted by molar-refractivity contribution is 0.0803. The van der Waals surface area contributed by atoms with Gasteiger partial charge in [-0.25, -0.2) is 0 Å². The standard InChI is InChI=1S/C11H16N4O/c1-3-6-15(2)11(16)10-8-7-12-5-4-9(8)13-14-10/h3,12H,1,4-7H2,2H3,(H,13,14). The number of fused-ring (bicyclic) bond motifs is 1. The van der Waals surface area contributed by atoms with Gasteiger partial charge in [0.05, 0.1) is 0 Å². The summed E-state index contributed by atoms with van der Waals surface area (Å²) in [6, 6.07) is 0. The van der Waals surface area contributed by atoms with E-state index in [1.54, 1.807) is 18.0 Å². The van der Waals surface area contributed by atoms with Gasteiger partial charge in [-0.2, -0.15) is 5.10 Å². The predicted octanol–water partition coefficient (Wildman–Crippen LogP) is 0.313. The molecule has 0 aliphatic carbocycles. The molecule has 0 bridgehead atoms. The molecule has 86 valence electrons. The number of amides is 1. The van der Waals surface area contributed by atoms with Crippen LogP contribution in [0.4, 0.5) is 0 Å². The van der Waals surface area contributed by atoms with E-state index < -0.39 is 0 Å². The van der Waals surface area contributed by atoms with Crippen molar-refractivity contribution in [2.45, 2.75) is 13.0 Å². The van der Waals surface area contributed by atoms with Crippen molar-refractivity contribution >= 4 is 5.91 Å². The van der Waals surface area contributed by atoms with Crippen molar-refractivity contribution in [2.75, 3.05) is 20.1 Å². The Morgan fingerprint density at radius 3 is 3.25 bits per heavy atom. The van der Waals surface area contributed by atoms with Gasteiger partial charge < -0.3 is 10.2 Å². The molecule has 0 spiro atoms. The molecule has 1 aromatic heterocycles. The number of nitrogens with one attached hydrogen (secondary N) is 2. The van der Waals surface area contributed by atoms with Crippen LogP contribution in [0.5, 0.6) is 0 Å².